The molecule has 2 atom stereocenters. The number of amides is 1. The average Bonchev–Trinajstić information content (AvgIpc) is 2.73. The van der Waals surface area contributed by atoms with E-state index in [1.807, 2.05) is 0 Å². The van der Waals surface area contributed by atoms with Crippen molar-refractivity contribution in [2.75, 3.05) is 19.7 Å². The number of aliphatic hydroxyl groups is 1. The smallest absolute Gasteiger partial charge is 0.390 e. The molecule has 0 bridgehead atoms. The maximum Gasteiger partial charge on any atom is 0.471 e. The molecule has 0 aliphatic carbocycles. The molecule has 0 saturated carbocycles. The van der Waals surface area contributed by atoms with Crippen LogP contribution in [0.25, 0.3) is 0 Å². The second kappa shape index (κ2) is 3.62. The van der Waals surface area contributed by atoms with Crippen LogP contribution in [0.2, 0.25) is 0 Å². The Morgan fingerprint density at radius 3 is 2.81 bits per heavy atom. The Balaban J connectivity index is 2.05. The first kappa shape index (κ1) is 11.2. The first-order valence-electron chi connectivity index (χ1n) is 4.63. The van der Waals surface area contributed by atoms with Gasteiger partial charge >= 0.3 is 12.1 Å². The summed E-state index contributed by atoms with van der Waals surface area (Å²) in [7, 11) is 0. The van der Waals surface area contributed by atoms with Crippen molar-refractivity contribution in [2.24, 2.45) is 11.1 Å². The Morgan fingerprint density at radius 1 is 1.56 bits per heavy atom. The number of aliphatic hydroxyl groups excluding tert-OH is 1. The molecule has 0 unspecified atom stereocenters. The number of likely N-dealkylation sites (tertiary alicyclic amines) is 1. The molecule has 0 spiro atoms. The number of fused-ring (bicyclic) bond motifs is 1. The lowest BCUT2D eigenvalue weighted by Gasteiger charge is -2.17. The summed E-state index contributed by atoms with van der Waals surface area (Å²) in [5.41, 5.74) is 0.294. The molecular formula is C8H9F3N2O3. The van der Waals surface area contributed by atoms with Gasteiger partial charge in [0.1, 0.15) is 0 Å². The van der Waals surface area contributed by atoms with Crippen LogP contribution in [-0.2, 0) is 9.63 Å². The Kier molecular flexibility index (Phi) is 2.53. The van der Waals surface area contributed by atoms with Gasteiger partial charge in [-0.05, 0) is 0 Å². The highest BCUT2D eigenvalue weighted by molar-refractivity contribution is 5.91. The van der Waals surface area contributed by atoms with E-state index in [9.17, 15) is 18.0 Å². The van der Waals surface area contributed by atoms with Crippen LogP contribution in [0.3, 0.4) is 0 Å². The summed E-state index contributed by atoms with van der Waals surface area (Å²) >= 11 is 0. The fourth-order valence-electron chi connectivity index (χ4n) is 1.90. The van der Waals surface area contributed by atoms with Gasteiger partial charge in [0.05, 0.1) is 24.8 Å². The monoisotopic (exact) mass is 238 g/mol. The first-order chi connectivity index (χ1) is 7.43. The van der Waals surface area contributed by atoms with E-state index in [-0.39, 0.29) is 19.7 Å². The van der Waals surface area contributed by atoms with Gasteiger partial charge in [-0.15, -0.1) is 0 Å². The predicted octanol–water partition coefficient (Wildman–Crippen LogP) is -0.246. The molecule has 2 rings (SSSR count). The van der Waals surface area contributed by atoms with Crippen molar-refractivity contribution in [3.8, 4) is 0 Å². The largest absolute Gasteiger partial charge is 0.471 e. The quantitative estimate of drug-likeness (QED) is 0.685. The molecule has 1 amide bonds. The normalized spacial score (nSPS) is 28.8. The minimum atomic E-state index is -4.87. The molecular weight excluding hydrogens is 229 g/mol. The zero-order valence-electron chi connectivity index (χ0n) is 8.07. The molecule has 8 heteroatoms. The Bertz CT molecular complexity index is 342. The summed E-state index contributed by atoms with van der Waals surface area (Å²) in [4.78, 5) is 16.5. The average molecular weight is 238 g/mol. The first-order valence-corrected chi connectivity index (χ1v) is 4.63. The van der Waals surface area contributed by atoms with Crippen molar-refractivity contribution in [1.29, 1.82) is 0 Å². The number of hydrogen-bond acceptors (Lipinski definition) is 4. The number of halogens is 3. The third-order valence-electron chi connectivity index (χ3n) is 2.69. The van der Waals surface area contributed by atoms with Crippen LogP contribution >= 0.6 is 0 Å². The predicted molar refractivity (Wildman–Crippen MR) is 45.5 cm³/mol. The SMILES string of the molecule is O=C(N1C[C@@H]2ON=C(CO)[C@@H]2C1)C(F)(F)F. The summed E-state index contributed by atoms with van der Waals surface area (Å²) in [6.07, 6.45) is -5.43. The molecule has 0 radical (unpaired) electrons. The van der Waals surface area contributed by atoms with Gasteiger partial charge in [-0.2, -0.15) is 13.2 Å². The van der Waals surface area contributed by atoms with Crippen molar-refractivity contribution in [3.05, 3.63) is 0 Å². The molecule has 0 aromatic heterocycles. The highest BCUT2D eigenvalue weighted by atomic mass is 19.4. The summed E-state index contributed by atoms with van der Waals surface area (Å²) in [6, 6.07) is 0. The highest BCUT2D eigenvalue weighted by Crippen LogP contribution is 2.30. The number of carbonyl (C=O) groups is 1. The minimum Gasteiger partial charge on any atom is -0.390 e. The number of rotatable bonds is 1. The standard InChI is InChI=1S/C8H9F3N2O3/c9-8(10,11)7(15)13-1-4-5(3-14)12-16-6(4)2-13/h4,6,14H,1-3H2/t4-,6-/m0/s1. The molecule has 16 heavy (non-hydrogen) atoms. The maximum absolute atomic E-state index is 12.1. The van der Waals surface area contributed by atoms with Gasteiger partial charge in [0.15, 0.2) is 6.10 Å². The van der Waals surface area contributed by atoms with Gasteiger partial charge in [-0.3, -0.25) is 4.79 Å². The van der Waals surface area contributed by atoms with Crippen LogP contribution < -0.4 is 0 Å². The summed E-state index contributed by atoms with van der Waals surface area (Å²) in [5, 5.41) is 12.4. The van der Waals surface area contributed by atoms with Crippen LogP contribution in [0.15, 0.2) is 5.16 Å². The third-order valence-corrected chi connectivity index (χ3v) is 2.69. The molecule has 0 aromatic carbocycles. The van der Waals surface area contributed by atoms with Crippen LogP contribution in [-0.4, -0.2) is 53.6 Å². The molecule has 1 N–H and O–H groups in total. The van der Waals surface area contributed by atoms with E-state index in [1.54, 1.807) is 0 Å². The lowest BCUT2D eigenvalue weighted by molar-refractivity contribution is -0.184. The number of carbonyl (C=O) groups excluding carboxylic acids is 1. The van der Waals surface area contributed by atoms with E-state index in [4.69, 9.17) is 9.94 Å². The summed E-state index contributed by atoms with van der Waals surface area (Å²) in [5.74, 6) is -2.29. The minimum absolute atomic E-state index is 0.109. The van der Waals surface area contributed by atoms with Gasteiger partial charge in [0.25, 0.3) is 0 Å². The Morgan fingerprint density at radius 2 is 2.25 bits per heavy atom. The number of hydrogen-bond donors (Lipinski definition) is 1. The second-order valence-corrected chi connectivity index (χ2v) is 3.70. The molecule has 2 heterocycles. The van der Waals surface area contributed by atoms with Gasteiger partial charge in [0, 0.05) is 6.54 Å². The van der Waals surface area contributed by atoms with Crippen molar-refractivity contribution in [1.82, 2.24) is 4.90 Å². The van der Waals surface area contributed by atoms with Crippen LogP contribution in [0.1, 0.15) is 0 Å². The topological polar surface area (TPSA) is 62.1 Å². The number of nitrogens with zero attached hydrogens (tertiary/aromatic N) is 2. The van der Waals surface area contributed by atoms with E-state index >= 15 is 0 Å². The van der Waals surface area contributed by atoms with E-state index in [0.29, 0.717) is 10.6 Å². The number of oxime groups is 1. The van der Waals surface area contributed by atoms with Crippen molar-refractivity contribution in [3.63, 3.8) is 0 Å². The lowest BCUT2D eigenvalue weighted by atomic mass is 10.0. The molecule has 1 saturated heterocycles. The second-order valence-electron chi connectivity index (χ2n) is 3.70. The third kappa shape index (κ3) is 1.73. The number of alkyl halides is 3. The fourth-order valence-corrected chi connectivity index (χ4v) is 1.90. The van der Waals surface area contributed by atoms with Gasteiger partial charge in [-0.1, -0.05) is 5.16 Å². The van der Waals surface area contributed by atoms with Gasteiger partial charge < -0.3 is 14.8 Å². The Hall–Kier alpha value is -1.31. The van der Waals surface area contributed by atoms with E-state index < -0.39 is 24.1 Å². The lowest BCUT2D eigenvalue weighted by Crippen LogP contribution is -2.40. The van der Waals surface area contributed by atoms with Crippen LogP contribution in [0, 0.1) is 5.92 Å². The van der Waals surface area contributed by atoms with Gasteiger partial charge in [-0.25, -0.2) is 0 Å². The molecule has 90 valence electrons. The van der Waals surface area contributed by atoms with Crippen molar-refractivity contribution >= 4 is 11.6 Å². The zero-order chi connectivity index (χ0) is 11.9. The molecule has 5 nitrogen and oxygen atoms in total. The Labute approximate surface area is 88.5 Å². The van der Waals surface area contributed by atoms with Crippen LogP contribution in [0.4, 0.5) is 13.2 Å². The highest BCUT2D eigenvalue weighted by Gasteiger charge is 2.50. The summed E-state index contributed by atoms with van der Waals surface area (Å²) in [6.45, 7) is -0.617. The van der Waals surface area contributed by atoms with E-state index in [1.165, 1.54) is 0 Å². The maximum atomic E-state index is 12.1. The van der Waals surface area contributed by atoms with Gasteiger partial charge in [0.2, 0.25) is 0 Å². The van der Waals surface area contributed by atoms with Crippen LogP contribution in [0.5, 0.6) is 0 Å². The zero-order valence-corrected chi connectivity index (χ0v) is 8.07. The molecule has 2 aliphatic heterocycles. The summed E-state index contributed by atoms with van der Waals surface area (Å²) < 4.78 is 36.4. The van der Waals surface area contributed by atoms with Crippen molar-refractivity contribution in [2.45, 2.75) is 12.3 Å². The van der Waals surface area contributed by atoms with Crippen molar-refractivity contribution < 1.29 is 27.9 Å². The van der Waals surface area contributed by atoms with E-state index in [2.05, 4.69) is 5.16 Å². The fraction of sp³-hybridized carbons (Fsp3) is 0.750. The van der Waals surface area contributed by atoms with E-state index in [0.717, 1.165) is 0 Å². The molecule has 2 aliphatic rings. The molecule has 0 aromatic rings. The molecule has 1 fully saturated rings.